The van der Waals surface area contributed by atoms with E-state index in [1.165, 1.54) is 5.56 Å². The molecule has 0 saturated heterocycles. The second-order valence-electron chi connectivity index (χ2n) is 4.21. The molecule has 4 nitrogen and oxygen atoms in total. The fourth-order valence-corrected chi connectivity index (χ4v) is 2.59. The average molecular weight is 258 g/mol. The predicted molar refractivity (Wildman–Crippen MR) is 72.6 cm³/mol. The van der Waals surface area contributed by atoms with Crippen LogP contribution in [-0.2, 0) is 6.54 Å². The molecule has 0 aliphatic carbocycles. The van der Waals surface area contributed by atoms with Crippen LogP contribution < -0.4 is 5.32 Å². The summed E-state index contributed by atoms with van der Waals surface area (Å²) < 4.78 is 2.05. The Morgan fingerprint density at radius 1 is 1.50 bits per heavy atom. The summed E-state index contributed by atoms with van der Waals surface area (Å²) in [6.07, 6.45) is 7.78. The lowest BCUT2D eigenvalue weighted by molar-refractivity contribution is 0.567. The Labute approximate surface area is 109 Å². The summed E-state index contributed by atoms with van der Waals surface area (Å²) in [6.45, 7) is 2.90. The molecule has 0 saturated carbocycles. The fraction of sp³-hybridized carbons (Fsp3) is 0.231. The molecule has 5 heteroatoms. The molecule has 0 bridgehead atoms. The zero-order valence-corrected chi connectivity index (χ0v) is 10.9. The molecular weight excluding hydrogens is 244 g/mol. The molecule has 1 N–H and O–H groups in total. The summed E-state index contributed by atoms with van der Waals surface area (Å²) in [5.74, 6) is 0. The SMILES string of the molecule is C[C@@H](NCc1cn2ccsc2n1)c1cccnc1. The van der Waals surface area contributed by atoms with Crippen molar-refractivity contribution in [1.82, 2.24) is 19.7 Å². The van der Waals surface area contributed by atoms with Gasteiger partial charge in [0.1, 0.15) is 0 Å². The van der Waals surface area contributed by atoms with Crippen molar-refractivity contribution in [3.63, 3.8) is 0 Å². The van der Waals surface area contributed by atoms with E-state index in [4.69, 9.17) is 0 Å². The van der Waals surface area contributed by atoms with Gasteiger partial charge in [-0.25, -0.2) is 4.98 Å². The Morgan fingerprint density at radius 2 is 2.44 bits per heavy atom. The number of imidazole rings is 1. The highest BCUT2D eigenvalue weighted by Gasteiger charge is 2.07. The zero-order valence-electron chi connectivity index (χ0n) is 10.1. The van der Waals surface area contributed by atoms with Gasteiger partial charge in [0.15, 0.2) is 4.96 Å². The van der Waals surface area contributed by atoms with E-state index in [2.05, 4.69) is 38.9 Å². The molecule has 0 aliphatic rings. The van der Waals surface area contributed by atoms with E-state index in [-0.39, 0.29) is 6.04 Å². The van der Waals surface area contributed by atoms with Crippen molar-refractivity contribution in [3.05, 3.63) is 53.6 Å². The third kappa shape index (κ3) is 2.27. The van der Waals surface area contributed by atoms with Crippen molar-refractivity contribution >= 4 is 16.3 Å². The fourth-order valence-electron chi connectivity index (χ4n) is 1.87. The molecule has 1 atom stereocenters. The molecule has 92 valence electrons. The molecule has 18 heavy (non-hydrogen) atoms. The molecule has 3 heterocycles. The van der Waals surface area contributed by atoms with Gasteiger partial charge in [-0.2, -0.15) is 0 Å². The summed E-state index contributed by atoms with van der Waals surface area (Å²) in [6, 6.07) is 4.31. The van der Waals surface area contributed by atoms with E-state index >= 15 is 0 Å². The Balaban J connectivity index is 1.66. The first-order chi connectivity index (χ1) is 8.83. The Hall–Kier alpha value is -1.72. The Morgan fingerprint density at radius 3 is 3.22 bits per heavy atom. The maximum atomic E-state index is 4.54. The lowest BCUT2D eigenvalue weighted by atomic mass is 10.1. The van der Waals surface area contributed by atoms with Gasteiger partial charge in [0, 0.05) is 42.8 Å². The van der Waals surface area contributed by atoms with Gasteiger partial charge in [0.2, 0.25) is 0 Å². The minimum atomic E-state index is 0.276. The van der Waals surface area contributed by atoms with Crippen LogP contribution in [0.3, 0.4) is 0 Å². The van der Waals surface area contributed by atoms with Crippen LogP contribution in [-0.4, -0.2) is 14.4 Å². The molecule has 0 radical (unpaired) electrons. The van der Waals surface area contributed by atoms with Gasteiger partial charge in [0.05, 0.1) is 5.69 Å². The first kappa shape index (κ1) is 11.4. The van der Waals surface area contributed by atoms with Gasteiger partial charge in [0.25, 0.3) is 0 Å². The molecule has 0 amide bonds. The van der Waals surface area contributed by atoms with Crippen LogP contribution in [0.15, 0.2) is 42.3 Å². The van der Waals surface area contributed by atoms with E-state index in [0.717, 1.165) is 17.2 Å². The lowest BCUT2D eigenvalue weighted by Gasteiger charge is -2.12. The second-order valence-corrected chi connectivity index (χ2v) is 5.09. The third-order valence-electron chi connectivity index (χ3n) is 2.92. The van der Waals surface area contributed by atoms with Crippen LogP contribution in [0.2, 0.25) is 0 Å². The monoisotopic (exact) mass is 258 g/mol. The second kappa shape index (κ2) is 4.88. The Bertz CT molecular complexity index is 600. The summed E-state index contributed by atoms with van der Waals surface area (Å²) >= 11 is 1.65. The molecule has 0 aromatic carbocycles. The maximum Gasteiger partial charge on any atom is 0.193 e. The molecule has 3 aromatic rings. The zero-order chi connectivity index (χ0) is 12.4. The normalized spacial score (nSPS) is 12.9. The van der Waals surface area contributed by atoms with E-state index in [1.54, 1.807) is 17.5 Å². The van der Waals surface area contributed by atoms with Crippen molar-refractivity contribution in [2.24, 2.45) is 0 Å². The van der Waals surface area contributed by atoms with E-state index in [1.807, 2.05) is 23.8 Å². The lowest BCUT2D eigenvalue weighted by Crippen LogP contribution is -2.18. The van der Waals surface area contributed by atoms with Crippen LogP contribution in [0, 0.1) is 0 Å². The number of nitrogens with one attached hydrogen (secondary N) is 1. The molecule has 0 fully saturated rings. The van der Waals surface area contributed by atoms with Crippen molar-refractivity contribution in [3.8, 4) is 0 Å². The van der Waals surface area contributed by atoms with Crippen LogP contribution in [0.5, 0.6) is 0 Å². The van der Waals surface area contributed by atoms with Crippen molar-refractivity contribution in [2.45, 2.75) is 19.5 Å². The first-order valence-corrected chi connectivity index (χ1v) is 6.75. The van der Waals surface area contributed by atoms with E-state index in [0.29, 0.717) is 0 Å². The molecule has 3 aromatic heterocycles. The van der Waals surface area contributed by atoms with Gasteiger partial charge in [-0.15, -0.1) is 11.3 Å². The first-order valence-electron chi connectivity index (χ1n) is 5.87. The van der Waals surface area contributed by atoms with Crippen molar-refractivity contribution < 1.29 is 0 Å². The number of hydrogen-bond acceptors (Lipinski definition) is 4. The van der Waals surface area contributed by atoms with Gasteiger partial charge < -0.3 is 5.32 Å². The predicted octanol–water partition coefficient (Wildman–Crippen LogP) is 2.64. The van der Waals surface area contributed by atoms with Crippen LogP contribution in [0.25, 0.3) is 4.96 Å². The molecule has 3 rings (SSSR count). The topological polar surface area (TPSA) is 42.2 Å². The number of hydrogen-bond donors (Lipinski definition) is 1. The standard InChI is InChI=1S/C13H14N4S/c1-10(11-3-2-4-14-7-11)15-8-12-9-17-5-6-18-13(17)16-12/h2-7,9-10,15H,8H2,1H3/t10-/m1/s1. The van der Waals surface area contributed by atoms with Gasteiger partial charge in [-0.3, -0.25) is 9.38 Å². The number of thiazole rings is 1. The minimum Gasteiger partial charge on any atom is -0.304 e. The molecule has 0 aliphatic heterocycles. The van der Waals surface area contributed by atoms with Gasteiger partial charge in [-0.05, 0) is 18.6 Å². The summed E-state index contributed by atoms with van der Waals surface area (Å²) in [5.41, 5.74) is 2.26. The number of rotatable bonds is 4. The molecular formula is C13H14N4S. The Kier molecular flexibility index (Phi) is 3.08. The summed E-state index contributed by atoms with van der Waals surface area (Å²) in [4.78, 5) is 9.71. The van der Waals surface area contributed by atoms with E-state index in [9.17, 15) is 0 Å². The third-order valence-corrected chi connectivity index (χ3v) is 3.69. The van der Waals surface area contributed by atoms with Crippen molar-refractivity contribution in [2.75, 3.05) is 0 Å². The summed E-state index contributed by atoms with van der Waals surface area (Å²) in [7, 11) is 0. The molecule has 0 spiro atoms. The number of nitrogens with zero attached hydrogens (tertiary/aromatic N) is 3. The molecule has 0 unspecified atom stereocenters. The number of fused-ring (bicyclic) bond motifs is 1. The summed E-state index contributed by atoms with van der Waals surface area (Å²) in [5, 5.41) is 5.49. The minimum absolute atomic E-state index is 0.276. The van der Waals surface area contributed by atoms with Gasteiger partial charge in [-0.1, -0.05) is 6.07 Å². The highest BCUT2D eigenvalue weighted by Crippen LogP contribution is 2.13. The van der Waals surface area contributed by atoms with Crippen LogP contribution in [0.4, 0.5) is 0 Å². The van der Waals surface area contributed by atoms with Crippen molar-refractivity contribution in [1.29, 1.82) is 0 Å². The number of pyridine rings is 1. The van der Waals surface area contributed by atoms with Gasteiger partial charge >= 0.3 is 0 Å². The highest BCUT2D eigenvalue weighted by molar-refractivity contribution is 7.15. The highest BCUT2D eigenvalue weighted by atomic mass is 32.1. The van der Waals surface area contributed by atoms with E-state index < -0.39 is 0 Å². The quantitative estimate of drug-likeness (QED) is 0.782. The van der Waals surface area contributed by atoms with Crippen LogP contribution >= 0.6 is 11.3 Å². The largest absolute Gasteiger partial charge is 0.304 e. The maximum absolute atomic E-state index is 4.54. The number of aromatic nitrogens is 3. The average Bonchev–Trinajstić information content (AvgIpc) is 2.97. The van der Waals surface area contributed by atoms with Crippen LogP contribution in [0.1, 0.15) is 24.2 Å². The smallest absolute Gasteiger partial charge is 0.193 e.